The van der Waals surface area contributed by atoms with E-state index in [1.165, 1.54) is 38.5 Å². The van der Waals surface area contributed by atoms with Crippen molar-refractivity contribution < 1.29 is 18.9 Å². The van der Waals surface area contributed by atoms with Crippen LogP contribution in [0.2, 0.25) is 0 Å². The number of phosphoric acid groups is 1. The van der Waals surface area contributed by atoms with Crippen LogP contribution >= 0.6 is 7.82 Å². The summed E-state index contributed by atoms with van der Waals surface area (Å²) in [4.78, 5) is 17.4. The first-order valence-corrected chi connectivity index (χ1v) is 8.46. The Hall–Kier alpha value is 0.0700. The molecule has 0 saturated heterocycles. The van der Waals surface area contributed by atoms with Crippen LogP contribution < -0.4 is 5.73 Å². The highest BCUT2D eigenvalue weighted by Gasteiger charge is 2.20. The molecule has 0 bridgehead atoms. The molecular formula is C12H28NO4P. The fourth-order valence-electron chi connectivity index (χ4n) is 1.91. The second-order valence-corrected chi connectivity index (χ2v) is 5.91. The molecular weight excluding hydrogens is 253 g/mol. The monoisotopic (exact) mass is 281 g/mol. The summed E-state index contributed by atoms with van der Waals surface area (Å²) in [5.74, 6) is 0. The molecule has 18 heavy (non-hydrogen) atoms. The molecule has 0 aromatic heterocycles. The van der Waals surface area contributed by atoms with Crippen LogP contribution in [0.15, 0.2) is 0 Å². The van der Waals surface area contributed by atoms with Gasteiger partial charge in [0.1, 0.15) is 0 Å². The lowest BCUT2D eigenvalue weighted by atomic mass is 10.1. The van der Waals surface area contributed by atoms with Crippen LogP contribution in [0.4, 0.5) is 0 Å². The minimum atomic E-state index is -4.39. The van der Waals surface area contributed by atoms with E-state index in [-0.39, 0.29) is 6.54 Å². The van der Waals surface area contributed by atoms with Gasteiger partial charge < -0.3 is 15.5 Å². The highest BCUT2D eigenvalue weighted by molar-refractivity contribution is 7.46. The zero-order valence-corrected chi connectivity index (χ0v) is 12.3. The molecule has 0 aromatic carbocycles. The first-order valence-electron chi connectivity index (χ1n) is 6.93. The van der Waals surface area contributed by atoms with Crippen LogP contribution in [0.25, 0.3) is 0 Å². The summed E-state index contributed by atoms with van der Waals surface area (Å²) in [5.41, 5.74) is 5.41. The summed E-state index contributed by atoms with van der Waals surface area (Å²) >= 11 is 0. The Bertz CT molecular complexity index is 232. The van der Waals surface area contributed by atoms with Crippen LogP contribution in [0, 0.1) is 0 Å². The predicted molar refractivity (Wildman–Crippen MR) is 73.2 cm³/mol. The van der Waals surface area contributed by atoms with E-state index in [0.29, 0.717) is 6.42 Å². The second-order valence-electron chi connectivity index (χ2n) is 4.72. The van der Waals surface area contributed by atoms with E-state index in [9.17, 15) is 4.57 Å². The van der Waals surface area contributed by atoms with Crippen LogP contribution in [0.5, 0.6) is 0 Å². The van der Waals surface area contributed by atoms with Crippen molar-refractivity contribution in [3.8, 4) is 0 Å². The smallest absolute Gasteiger partial charge is 0.328 e. The van der Waals surface area contributed by atoms with Gasteiger partial charge in [0.2, 0.25) is 0 Å². The highest BCUT2D eigenvalue weighted by Crippen LogP contribution is 2.38. The van der Waals surface area contributed by atoms with E-state index in [1.54, 1.807) is 0 Å². The fraction of sp³-hybridized carbons (Fsp3) is 1.00. The molecule has 0 fully saturated rings. The standard InChI is InChI=1S/C12H28NO4P/c1-2-3-4-5-6-7-8-9-10-12(11-13)17-18(14,15)16/h12H,2-11,13H2,1H3,(H2,14,15,16). The lowest BCUT2D eigenvalue weighted by molar-refractivity contribution is 0.129. The van der Waals surface area contributed by atoms with Gasteiger partial charge in [-0.3, -0.25) is 4.52 Å². The summed E-state index contributed by atoms with van der Waals surface area (Å²) in [5, 5.41) is 0. The number of phosphoric ester groups is 1. The maximum Gasteiger partial charge on any atom is 0.469 e. The van der Waals surface area contributed by atoms with Gasteiger partial charge in [-0.15, -0.1) is 0 Å². The van der Waals surface area contributed by atoms with Crippen molar-refractivity contribution >= 4 is 7.82 Å². The maximum absolute atomic E-state index is 10.7. The van der Waals surface area contributed by atoms with Gasteiger partial charge in [0, 0.05) is 6.54 Å². The van der Waals surface area contributed by atoms with E-state index in [0.717, 1.165) is 12.8 Å². The van der Waals surface area contributed by atoms with E-state index in [1.807, 2.05) is 0 Å². The van der Waals surface area contributed by atoms with Crippen molar-refractivity contribution in [1.29, 1.82) is 0 Å². The van der Waals surface area contributed by atoms with Crippen molar-refractivity contribution in [2.24, 2.45) is 5.73 Å². The molecule has 0 aliphatic rings. The molecule has 0 aliphatic carbocycles. The highest BCUT2D eigenvalue weighted by atomic mass is 31.2. The minimum Gasteiger partial charge on any atom is -0.328 e. The third kappa shape index (κ3) is 12.5. The van der Waals surface area contributed by atoms with E-state index >= 15 is 0 Å². The molecule has 5 nitrogen and oxygen atoms in total. The number of unbranched alkanes of at least 4 members (excludes halogenated alkanes) is 7. The van der Waals surface area contributed by atoms with Crippen LogP contribution in [-0.4, -0.2) is 22.4 Å². The summed E-state index contributed by atoms with van der Waals surface area (Å²) in [6, 6.07) is 0. The zero-order chi connectivity index (χ0) is 13.9. The second kappa shape index (κ2) is 10.9. The molecule has 1 atom stereocenters. The Morgan fingerprint density at radius 2 is 1.56 bits per heavy atom. The van der Waals surface area contributed by atoms with Crippen molar-refractivity contribution in [2.75, 3.05) is 6.54 Å². The van der Waals surface area contributed by atoms with Gasteiger partial charge in [-0.05, 0) is 6.42 Å². The van der Waals surface area contributed by atoms with Gasteiger partial charge in [-0.25, -0.2) is 4.57 Å². The van der Waals surface area contributed by atoms with Crippen molar-refractivity contribution in [2.45, 2.75) is 70.8 Å². The van der Waals surface area contributed by atoms with Crippen molar-refractivity contribution in [3.05, 3.63) is 0 Å². The third-order valence-corrected chi connectivity index (χ3v) is 3.50. The number of hydrogen-bond donors (Lipinski definition) is 3. The summed E-state index contributed by atoms with van der Waals surface area (Å²) in [6.45, 7) is 2.36. The number of rotatable bonds is 12. The number of nitrogens with two attached hydrogens (primary N) is 1. The lowest BCUT2D eigenvalue weighted by Gasteiger charge is -2.15. The summed E-state index contributed by atoms with van der Waals surface area (Å²) in [7, 11) is -4.39. The lowest BCUT2D eigenvalue weighted by Crippen LogP contribution is -2.22. The average Bonchev–Trinajstić information content (AvgIpc) is 2.29. The quantitative estimate of drug-likeness (QED) is 0.378. The Morgan fingerprint density at radius 3 is 2.00 bits per heavy atom. The van der Waals surface area contributed by atoms with Crippen LogP contribution in [0.3, 0.4) is 0 Å². The van der Waals surface area contributed by atoms with Crippen molar-refractivity contribution in [1.82, 2.24) is 0 Å². The van der Waals surface area contributed by atoms with Crippen LogP contribution in [-0.2, 0) is 9.09 Å². The molecule has 4 N–H and O–H groups in total. The molecule has 1 unspecified atom stereocenters. The molecule has 0 aromatic rings. The molecule has 0 saturated carbocycles. The van der Waals surface area contributed by atoms with Gasteiger partial charge >= 0.3 is 7.82 Å². The Balaban J connectivity index is 3.43. The Morgan fingerprint density at radius 1 is 1.06 bits per heavy atom. The van der Waals surface area contributed by atoms with Gasteiger partial charge in [-0.1, -0.05) is 58.3 Å². The average molecular weight is 281 g/mol. The van der Waals surface area contributed by atoms with Gasteiger partial charge in [0.05, 0.1) is 6.10 Å². The molecule has 0 aliphatic heterocycles. The van der Waals surface area contributed by atoms with E-state index in [2.05, 4.69) is 11.4 Å². The largest absolute Gasteiger partial charge is 0.469 e. The SMILES string of the molecule is CCCCCCCCCCC(CN)OP(=O)(O)O. The molecule has 0 heterocycles. The Kier molecular flexibility index (Phi) is 11.0. The minimum absolute atomic E-state index is 0.154. The summed E-state index contributed by atoms with van der Waals surface area (Å²) < 4.78 is 15.2. The Labute approximate surface area is 110 Å². The zero-order valence-electron chi connectivity index (χ0n) is 11.4. The molecule has 110 valence electrons. The first kappa shape index (κ1) is 18.1. The van der Waals surface area contributed by atoms with Gasteiger partial charge in [-0.2, -0.15) is 0 Å². The fourth-order valence-corrected chi connectivity index (χ4v) is 2.49. The van der Waals surface area contributed by atoms with Crippen molar-refractivity contribution in [3.63, 3.8) is 0 Å². The topological polar surface area (TPSA) is 92.8 Å². The van der Waals surface area contributed by atoms with Gasteiger partial charge in [0.15, 0.2) is 0 Å². The third-order valence-electron chi connectivity index (χ3n) is 2.93. The molecule has 0 radical (unpaired) electrons. The van der Waals surface area contributed by atoms with Gasteiger partial charge in [0.25, 0.3) is 0 Å². The molecule has 6 heteroatoms. The molecule has 0 rings (SSSR count). The van der Waals surface area contributed by atoms with E-state index in [4.69, 9.17) is 15.5 Å². The first-order chi connectivity index (χ1) is 8.49. The predicted octanol–water partition coefficient (Wildman–Crippen LogP) is 2.95. The number of hydrogen-bond acceptors (Lipinski definition) is 3. The molecule has 0 spiro atoms. The summed E-state index contributed by atoms with van der Waals surface area (Å²) in [6.07, 6.45) is 9.67. The normalized spacial score (nSPS) is 13.8. The van der Waals surface area contributed by atoms with E-state index < -0.39 is 13.9 Å². The maximum atomic E-state index is 10.7. The molecule has 0 amide bonds. The van der Waals surface area contributed by atoms with Crippen LogP contribution in [0.1, 0.15) is 64.7 Å².